The maximum atomic E-state index is 12.0. The molecule has 22 heavy (non-hydrogen) atoms. The van der Waals surface area contributed by atoms with Crippen LogP contribution in [0.25, 0.3) is 10.9 Å². The molecule has 7 heteroatoms. The van der Waals surface area contributed by atoms with Crippen LogP contribution in [0.3, 0.4) is 0 Å². The van der Waals surface area contributed by atoms with Gasteiger partial charge in [0.15, 0.2) is 9.84 Å². The summed E-state index contributed by atoms with van der Waals surface area (Å²) in [5, 5.41) is 12.9. The van der Waals surface area contributed by atoms with E-state index in [2.05, 4.69) is 10.3 Å². The zero-order valence-corrected chi connectivity index (χ0v) is 13.4. The van der Waals surface area contributed by atoms with E-state index in [0.717, 1.165) is 16.5 Å². The summed E-state index contributed by atoms with van der Waals surface area (Å²) in [4.78, 5) is 14.6. The van der Waals surface area contributed by atoms with Crippen molar-refractivity contribution in [1.29, 1.82) is 0 Å². The fraction of sp³-hybridized carbons (Fsp3) is 0.400. The van der Waals surface area contributed by atoms with Crippen molar-refractivity contribution in [2.45, 2.75) is 31.2 Å². The fourth-order valence-corrected chi connectivity index (χ4v) is 3.31. The molecule has 0 aliphatic carbocycles. The van der Waals surface area contributed by atoms with Crippen LogP contribution in [0.4, 0.5) is 0 Å². The summed E-state index contributed by atoms with van der Waals surface area (Å²) in [6.07, 6.45) is 2.03. The van der Waals surface area contributed by atoms with Crippen molar-refractivity contribution in [2.24, 2.45) is 0 Å². The van der Waals surface area contributed by atoms with Crippen molar-refractivity contribution >= 4 is 26.7 Å². The van der Waals surface area contributed by atoms with E-state index >= 15 is 0 Å². The number of fused-ring (bicyclic) bond motifs is 1. The first-order chi connectivity index (χ1) is 10.4. The first-order valence-corrected chi connectivity index (χ1v) is 8.83. The van der Waals surface area contributed by atoms with E-state index < -0.39 is 21.8 Å². The topological polar surface area (TPSA) is 99.3 Å². The van der Waals surface area contributed by atoms with Gasteiger partial charge in [-0.3, -0.25) is 4.79 Å². The van der Waals surface area contributed by atoms with E-state index in [1.165, 1.54) is 0 Å². The number of aromatic nitrogens is 1. The number of nitrogens with one attached hydrogen (secondary N) is 2. The second kappa shape index (κ2) is 6.50. The molecule has 2 aromatic rings. The third-order valence-corrected chi connectivity index (χ3v) is 5.38. The van der Waals surface area contributed by atoms with Gasteiger partial charge in [0, 0.05) is 23.5 Å². The number of aromatic amines is 1. The van der Waals surface area contributed by atoms with Gasteiger partial charge in [0.1, 0.15) is 6.04 Å². The number of benzene rings is 1. The molecule has 6 nitrogen and oxygen atoms in total. The van der Waals surface area contributed by atoms with Crippen LogP contribution in [-0.2, 0) is 21.1 Å². The van der Waals surface area contributed by atoms with Gasteiger partial charge < -0.3 is 15.4 Å². The Morgan fingerprint density at radius 1 is 1.36 bits per heavy atom. The Balaban J connectivity index is 2.43. The van der Waals surface area contributed by atoms with Crippen molar-refractivity contribution in [3.8, 4) is 0 Å². The molecule has 1 aromatic carbocycles. The lowest BCUT2D eigenvalue weighted by molar-refractivity contribution is -0.139. The highest BCUT2D eigenvalue weighted by Crippen LogP contribution is 2.24. The van der Waals surface area contributed by atoms with Gasteiger partial charge in [-0.1, -0.05) is 13.8 Å². The normalized spacial score (nSPS) is 13.4. The lowest BCUT2D eigenvalue weighted by Gasteiger charge is -2.12. The number of carboxylic acids is 1. The molecule has 1 aromatic heterocycles. The SMILES string of the molecule is CCNC(Cc1c[nH]c2ccc(S(=O)(=O)CC)cc12)C(=O)O. The molecule has 120 valence electrons. The molecule has 0 saturated carbocycles. The third-order valence-electron chi connectivity index (χ3n) is 3.65. The van der Waals surface area contributed by atoms with Crippen LogP contribution >= 0.6 is 0 Å². The Hall–Kier alpha value is -1.86. The predicted molar refractivity (Wildman–Crippen MR) is 84.8 cm³/mol. The Kier molecular flexibility index (Phi) is 4.87. The van der Waals surface area contributed by atoms with E-state index in [9.17, 15) is 18.3 Å². The molecule has 2 rings (SSSR count). The molecule has 1 unspecified atom stereocenters. The van der Waals surface area contributed by atoms with Crippen LogP contribution in [0.5, 0.6) is 0 Å². The summed E-state index contributed by atoms with van der Waals surface area (Å²) in [5.41, 5.74) is 1.59. The molecule has 0 aliphatic rings. The summed E-state index contributed by atoms with van der Waals surface area (Å²) >= 11 is 0. The minimum Gasteiger partial charge on any atom is -0.480 e. The van der Waals surface area contributed by atoms with E-state index in [0.29, 0.717) is 13.0 Å². The molecule has 0 saturated heterocycles. The Morgan fingerprint density at radius 2 is 2.09 bits per heavy atom. The number of aliphatic carboxylic acids is 1. The Bertz CT molecular complexity index is 780. The van der Waals surface area contributed by atoms with Crippen LogP contribution in [0.1, 0.15) is 19.4 Å². The molecule has 0 aliphatic heterocycles. The second-order valence-electron chi connectivity index (χ2n) is 5.08. The molecule has 0 amide bonds. The number of sulfone groups is 1. The van der Waals surface area contributed by atoms with Gasteiger partial charge in [-0.15, -0.1) is 0 Å². The molecule has 1 atom stereocenters. The maximum Gasteiger partial charge on any atom is 0.321 e. The van der Waals surface area contributed by atoms with Crippen LogP contribution < -0.4 is 5.32 Å². The highest BCUT2D eigenvalue weighted by Gasteiger charge is 2.19. The smallest absolute Gasteiger partial charge is 0.321 e. The first kappa shape index (κ1) is 16.5. The first-order valence-electron chi connectivity index (χ1n) is 7.18. The van der Waals surface area contributed by atoms with Crippen molar-refractivity contribution in [3.63, 3.8) is 0 Å². The van der Waals surface area contributed by atoms with E-state index in [-0.39, 0.29) is 10.6 Å². The van der Waals surface area contributed by atoms with E-state index in [1.54, 1.807) is 31.3 Å². The molecule has 1 heterocycles. The largest absolute Gasteiger partial charge is 0.480 e. The predicted octanol–water partition coefficient (Wildman–Crippen LogP) is 1.57. The van der Waals surface area contributed by atoms with Gasteiger partial charge in [-0.25, -0.2) is 8.42 Å². The molecule has 0 spiro atoms. The fourth-order valence-electron chi connectivity index (χ4n) is 2.40. The van der Waals surface area contributed by atoms with Gasteiger partial charge in [0.05, 0.1) is 10.6 Å². The van der Waals surface area contributed by atoms with Crippen molar-refractivity contribution in [2.75, 3.05) is 12.3 Å². The van der Waals surface area contributed by atoms with E-state index in [4.69, 9.17) is 0 Å². The standard InChI is InChI=1S/C15H20N2O4S/c1-3-16-14(15(18)19)7-10-9-17-13-6-5-11(8-12(10)13)22(20,21)4-2/h5-6,8-9,14,16-17H,3-4,7H2,1-2H3,(H,18,19). The van der Waals surface area contributed by atoms with Gasteiger partial charge in [0.25, 0.3) is 0 Å². The Labute approximate surface area is 129 Å². The van der Waals surface area contributed by atoms with Crippen LogP contribution in [0.15, 0.2) is 29.3 Å². The minimum absolute atomic E-state index is 0.0351. The van der Waals surface area contributed by atoms with Gasteiger partial charge >= 0.3 is 5.97 Å². The minimum atomic E-state index is -3.29. The van der Waals surface area contributed by atoms with E-state index in [1.807, 2.05) is 6.92 Å². The number of likely N-dealkylation sites (N-methyl/N-ethyl adjacent to an activating group) is 1. The van der Waals surface area contributed by atoms with Gasteiger partial charge in [-0.2, -0.15) is 0 Å². The molecule has 0 radical (unpaired) electrons. The molecule has 0 fully saturated rings. The molecular formula is C15H20N2O4S. The van der Waals surface area contributed by atoms with Crippen molar-refractivity contribution in [1.82, 2.24) is 10.3 Å². The second-order valence-corrected chi connectivity index (χ2v) is 7.36. The quantitative estimate of drug-likeness (QED) is 0.718. The summed E-state index contributed by atoms with van der Waals surface area (Å²) in [6, 6.07) is 4.20. The number of carboxylic acid groups (broad SMARTS) is 1. The molecule has 3 N–H and O–H groups in total. The number of H-pyrrole nitrogens is 1. The Morgan fingerprint density at radius 3 is 2.68 bits per heavy atom. The zero-order valence-electron chi connectivity index (χ0n) is 12.6. The average Bonchev–Trinajstić information content (AvgIpc) is 2.89. The highest BCUT2D eigenvalue weighted by atomic mass is 32.2. The summed E-state index contributed by atoms with van der Waals surface area (Å²) < 4.78 is 24.0. The van der Waals surface area contributed by atoms with Crippen LogP contribution in [0.2, 0.25) is 0 Å². The number of rotatable bonds is 7. The third kappa shape index (κ3) is 3.31. The summed E-state index contributed by atoms with van der Waals surface area (Å²) in [7, 11) is -3.29. The van der Waals surface area contributed by atoms with Crippen molar-refractivity contribution < 1.29 is 18.3 Å². The summed E-state index contributed by atoms with van der Waals surface area (Å²) in [5.74, 6) is -0.888. The highest BCUT2D eigenvalue weighted by molar-refractivity contribution is 7.91. The number of carbonyl (C=O) groups is 1. The van der Waals surface area contributed by atoms with Gasteiger partial charge in [0.2, 0.25) is 0 Å². The molecule has 0 bridgehead atoms. The van der Waals surface area contributed by atoms with Gasteiger partial charge in [-0.05, 0) is 30.3 Å². The molecular weight excluding hydrogens is 304 g/mol. The summed E-state index contributed by atoms with van der Waals surface area (Å²) in [6.45, 7) is 4.00. The zero-order chi connectivity index (χ0) is 16.3. The van der Waals surface area contributed by atoms with Crippen LogP contribution in [-0.4, -0.2) is 42.8 Å². The monoisotopic (exact) mass is 324 g/mol. The van der Waals surface area contributed by atoms with Crippen molar-refractivity contribution in [3.05, 3.63) is 30.0 Å². The maximum absolute atomic E-state index is 12.0. The average molecular weight is 324 g/mol. The lowest BCUT2D eigenvalue weighted by Crippen LogP contribution is -2.38. The number of hydrogen-bond acceptors (Lipinski definition) is 4. The van der Waals surface area contributed by atoms with Crippen LogP contribution in [0, 0.1) is 0 Å². The lowest BCUT2D eigenvalue weighted by atomic mass is 10.1. The number of hydrogen-bond donors (Lipinski definition) is 3.